The summed E-state index contributed by atoms with van der Waals surface area (Å²) in [4.78, 5) is 4.40. The van der Waals surface area contributed by atoms with Gasteiger partial charge in [0.05, 0.1) is 5.70 Å². The molecule has 1 heterocycles. The Balaban J connectivity index is 2.27. The molecular formula is C10H13N. The fourth-order valence-corrected chi connectivity index (χ4v) is 1.69. The quantitative estimate of drug-likeness (QED) is 0.499. The second kappa shape index (κ2) is 2.65. The van der Waals surface area contributed by atoms with Gasteiger partial charge in [-0.15, -0.1) is 0 Å². The maximum absolute atomic E-state index is 4.40. The van der Waals surface area contributed by atoms with E-state index in [0.717, 1.165) is 0 Å². The highest BCUT2D eigenvalue weighted by Gasteiger charge is 2.13. The summed E-state index contributed by atoms with van der Waals surface area (Å²) in [6.07, 6.45) is 10.1. The smallest absolute Gasteiger partial charge is 0.0614 e. The molecule has 0 radical (unpaired) electrons. The van der Waals surface area contributed by atoms with Gasteiger partial charge in [0.1, 0.15) is 0 Å². The normalized spacial score (nSPS) is 29.0. The van der Waals surface area contributed by atoms with Crippen LogP contribution in [0.25, 0.3) is 0 Å². The molecule has 1 aliphatic carbocycles. The molecule has 0 aromatic heterocycles. The molecule has 0 saturated carbocycles. The predicted octanol–water partition coefficient (Wildman–Crippen LogP) is 2.70. The molecule has 11 heavy (non-hydrogen) atoms. The third-order valence-electron chi connectivity index (χ3n) is 2.29. The Morgan fingerprint density at radius 2 is 2.45 bits per heavy atom. The summed E-state index contributed by atoms with van der Waals surface area (Å²) in [6.45, 7) is 2.23. The Morgan fingerprint density at radius 3 is 3.36 bits per heavy atom. The van der Waals surface area contributed by atoms with Gasteiger partial charge in [-0.2, -0.15) is 0 Å². The monoisotopic (exact) mass is 147 g/mol. The zero-order valence-electron chi connectivity index (χ0n) is 6.88. The van der Waals surface area contributed by atoms with Crippen LogP contribution in [-0.2, 0) is 0 Å². The van der Waals surface area contributed by atoms with Crippen molar-refractivity contribution in [1.29, 1.82) is 0 Å². The summed E-state index contributed by atoms with van der Waals surface area (Å²) in [6, 6.07) is 0. The van der Waals surface area contributed by atoms with Gasteiger partial charge >= 0.3 is 0 Å². The molecule has 0 aromatic rings. The van der Waals surface area contributed by atoms with Crippen molar-refractivity contribution in [2.75, 3.05) is 0 Å². The molecule has 0 saturated heterocycles. The van der Waals surface area contributed by atoms with Crippen molar-refractivity contribution in [3.8, 4) is 0 Å². The summed E-state index contributed by atoms with van der Waals surface area (Å²) >= 11 is 0. The van der Waals surface area contributed by atoms with Gasteiger partial charge in [-0.1, -0.05) is 13.0 Å². The number of nitrogens with zero attached hydrogens (tertiary/aromatic N) is 1. The van der Waals surface area contributed by atoms with Gasteiger partial charge in [0, 0.05) is 6.21 Å². The summed E-state index contributed by atoms with van der Waals surface area (Å²) in [7, 11) is 0. The number of hydrogen-bond acceptors (Lipinski definition) is 1. The van der Waals surface area contributed by atoms with Crippen LogP contribution in [0.2, 0.25) is 0 Å². The predicted molar refractivity (Wildman–Crippen MR) is 47.7 cm³/mol. The van der Waals surface area contributed by atoms with Crippen LogP contribution in [-0.4, -0.2) is 6.21 Å². The fraction of sp³-hybridized carbons (Fsp3) is 0.500. The number of aliphatic imine (C=N–C) groups is 1. The molecule has 1 aliphatic heterocycles. The third-order valence-corrected chi connectivity index (χ3v) is 2.29. The van der Waals surface area contributed by atoms with Crippen molar-refractivity contribution in [2.24, 2.45) is 10.9 Å². The second-order valence-electron chi connectivity index (χ2n) is 3.39. The van der Waals surface area contributed by atoms with Crippen molar-refractivity contribution in [3.05, 3.63) is 23.4 Å². The Labute approximate surface area is 67.5 Å². The second-order valence-corrected chi connectivity index (χ2v) is 3.39. The lowest BCUT2D eigenvalue weighted by molar-refractivity contribution is 0.707. The summed E-state index contributed by atoms with van der Waals surface area (Å²) < 4.78 is 0. The molecule has 0 N–H and O–H groups in total. The van der Waals surface area contributed by atoms with Crippen LogP contribution in [0.4, 0.5) is 0 Å². The Kier molecular flexibility index (Phi) is 1.65. The van der Waals surface area contributed by atoms with E-state index in [4.69, 9.17) is 0 Å². The molecule has 2 aliphatic rings. The Morgan fingerprint density at radius 1 is 1.55 bits per heavy atom. The average Bonchev–Trinajstić information content (AvgIpc) is 2.04. The molecule has 1 heteroatoms. The van der Waals surface area contributed by atoms with Gasteiger partial charge in [0.25, 0.3) is 0 Å². The van der Waals surface area contributed by atoms with E-state index in [1.54, 1.807) is 5.57 Å². The van der Waals surface area contributed by atoms with Crippen LogP contribution >= 0.6 is 0 Å². The summed E-state index contributed by atoms with van der Waals surface area (Å²) in [5.74, 6) is 0.653. The van der Waals surface area contributed by atoms with Crippen LogP contribution in [0.5, 0.6) is 0 Å². The van der Waals surface area contributed by atoms with E-state index in [-0.39, 0.29) is 0 Å². The fourth-order valence-electron chi connectivity index (χ4n) is 1.69. The van der Waals surface area contributed by atoms with Crippen molar-refractivity contribution in [3.63, 3.8) is 0 Å². The van der Waals surface area contributed by atoms with Crippen molar-refractivity contribution in [1.82, 2.24) is 0 Å². The lowest BCUT2D eigenvalue weighted by atomic mass is 9.91. The average molecular weight is 147 g/mol. The van der Waals surface area contributed by atoms with E-state index in [9.17, 15) is 0 Å². The summed E-state index contributed by atoms with van der Waals surface area (Å²) in [5, 5.41) is 0. The molecular weight excluding hydrogens is 134 g/mol. The van der Waals surface area contributed by atoms with Gasteiger partial charge in [-0.3, -0.25) is 4.99 Å². The minimum Gasteiger partial charge on any atom is -0.261 e. The third kappa shape index (κ3) is 1.28. The van der Waals surface area contributed by atoms with Gasteiger partial charge in [0.2, 0.25) is 0 Å². The van der Waals surface area contributed by atoms with Crippen molar-refractivity contribution in [2.45, 2.75) is 26.2 Å². The highest BCUT2D eigenvalue weighted by atomic mass is 14.7. The highest BCUT2D eigenvalue weighted by molar-refractivity contribution is 5.65. The van der Waals surface area contributed by atoms with E-state index < -0.39 is 0 Å². The highest BCUT2D eigenvalue weighted by Crippen LogP contribution is 2.28. The van der Waals surface area contributed by atoms with E-state index >= 15 is 0 Å². The lowest BCUT2D eigenvalue weighted by Gasteiger charge is -2.19. The maximum atomic E-state index is 4.40. The zero-order chi connectivity index (χ0) is 7.68. The molecule has 1 atom stereocenters. The number of hydrogen-bond donors (Lipinski definition) is 0. The summed E-state index contributed by atoms with van der Waals surface area (Å²) in [5.41, 5.74) is 2.79. The van der Waals surface area contributed by atoms with Crippen LogP contribution in [0.15, 0.2) is 28.4 Å². The largest absolute Gasteiger partial charge is 0.261 e. The maximum Gasteiger partial charge on any atom is 0.0614 e. The molecule has 1 unspecified atom stereocenters. The van der Waals surface area contributed by atoms with Crippen molar-refractivity contribution >= 4 is 6.21 Å². The Bertz CT molecular complexity index is 246. The first-order valence-corrected chi connectivity index (χ1v) is 4.29. The molecule has 0 bridgehead atoms. The molecule has 1 nitrogen and oxygen atoms in total. The SMILES string of the molecule is CC1C=NC2=C(CCC=C2)C1. The molecule has 0 spiro atoms. The van der Waals surface area contributed by atoms with Gasteiger partial charge in [0.15, 0.2) is 0 Å². The molecule has 58 valence electrons. The van der Waals surface area contributed by atoms with E-state index in [2.05, 4.69) is 30.3 Å². The van der Waals surface area contributed by atoms with E-state index in [1.165, 1.54) is 25.0 Å². The van der Waals surface area contributed by atoms with Gasteiger partial charge < -0.3 is 0 Å². The zero-order valence-corrected chi connectivity index (χ0v) is 6.88. The topological polar surface area (TPSA) is 12.4 Å². The number of rotatable bonds is 0. The van der Waals surface area contributed by atoms with Crippen LogP contribution < -0.4 is 0 Å². The molecule has 2 rings (SSSR count). The van der Waals surface area contributed by atoms with E-state index in [0.29, 0.717) is 5.92 Å². The minimum atomic E-state index is 0.653. The van der Waals surface area contributed by atoms with Gasteiger partial charge in [-0.25, -0.2) is 0 Å². The van der Waals surface area contributed by atoms with Crippen LogP contribution in [0.3, 0.4) is 0 Å². The Hall–Kier alpha value is -0.850. The minimum absolute atomic E-state index is 0.653. The first-order valence-electron chi connectivity index (χ1n) is 4.29. The molecule has 0 amide bonds. The van der Waals surface area contributed by atoms with Crippen molar-refractivity contribution < 1.29 is 0 Å². The standard InChI is InChI=1S/C10H13N/c1-8-6-9-4-2-3-5-10(9)11-7-8/h3,5,7-8H,2,4,6H2,1H3. The molecule has 0 fully saturated rings. The lowest BCUT2D eigenvalue weighted by Crippen LogP contribution is -2.07. The van der Waals surface area contributed by atoms with Crippen LogP contribution in [0.1, 0.15) is 26.2 Å². The first-order chi connectivity index (χ1) is 5.36. The number of allylic oxidation sites excluding steroid dienone is 3. The molecule has 0 aromatic carbocycles. The first kappa shape index (κ1) is 6.84. The van der Waals surface area contributed by atoms with E-state index in [1.807, 2.05) is 0 Å². The van der Waals surface area contributed by atoms with Gasteiger partial charge in [-0.05, 0) is 36.8 Å². The van der Waals surface area contributed by atoms with Crippen LogP contribution in [0, 0.1) is 5.92 Å².